The number of halogens is 3. The van der Waals surface area contributed by atoms with Crippen LogP contribution in [0.5, 0.6) is 0 Å². The van der Waals surface area contributed by atoms with Crippen molar-refractivity contribution in [3.8, 4) is 0 Å². The molecule has 0 saturated heterocycles. The van der Waals surface area contributed by atoms with E-state index >= 15 is 0 Å². The summed E-state index contributed by atoms with van der Waals surface area (Å²) < 4.78 is 37.8. The molecule has 0 fully saturated rings. The van der Waals surface area contributed by atoms with Crippen molar-refractivity contribution >= 4 is 34.1 Å². The Morgan fingerprint density at radius 2 is 1.96 bits per heavy atom. The second kappa shape index (κ2) is 6.93. The number of carbonyl (C=O) groups is 1. The summed E-state index contributed by atoms with van der Waals surface area (Å²) in [6.45, 7) is 0. The molecule has 0 aliphatic carbocycles. The topological polar surface area (TPSA) is 86.5 Å². The third kappa shape index (κ3) is 4.35. The summed E-state index contributed by atoms with van der Waals surface area (Å²) in [5.74, 6) is -0.175. The summed E-state index contributed by atoms with van der Waals surface area (Å²) in [6, 6.07) is 5.39. The number of carbonyl (C=O) groups excluding carboxylic acids is 1. The highest BCUT2D eigenvalue weighted by Crippen LogP contribution is 2.27. The first-order valence-electron chi connectivity index (χ1n) is 7.06. The Labute approximate surface area is 143 Å². The Morgan fingerprint density at radius 1 is 1.16 bits per heavy atom. The number of H-pyrrole nitrogens is 2. The Hall–Kier alpha value is -2.88. The average Bonchev–Trinajstić information content (AvgIpc) is 2.96. The van der Waals surface area contributed by atoms with Gasteiger partial charge < -0.3 is 15.3 Å². The lowest BCUT2D eigenvalue weighted by Crippen LogP contribution is -2.15. The van der Waals surface area contributed by atoms with Gasteiger partial charge in [-0.05, 0) is 17.7 Å². The third-order valence-electron chi connectivity index (χ3n) is 3.21. The molecule has 1 amide bonds. The number of aromatic nitrogens is 4. The van der Waals surface area contributed by atoms with Crippen LogP contribution >= 0.6 is 11.3 Å². The van der Waals surface area contributed by atoms with Crippen LogP contribution < -0.4 is 5.32 Å². The number of nitrogens with one attached hydrogen (secondary N) is 3. The molecule has 0 spiro atoms. The predicted octanol–water partition coefficient (Wildman–Crippen LogP) is 3.67. The molecule has 10 heteroatoms. The first kappa shape index (κ1) is 17.0. The van der Waals surface area contributed by atoms with Gasteiger partial charge in [0.15, 0.2) is 0 Å². The number of amides is 1. The van der Waals surface area contributed by atoms with E-state index in [0.717, 1.165) is 39.6 Å². The first-order chi connectivity index (χ1) is 11.9. The number of aromatic amines is 2. The SMILES string of the molecule is O=C(Cc1ccc2nc[nH]c2c1)Nc1cscc(C(F)(F)F)[nH]cn1. The van der Waals surface area contributed by atoms with Crippen LogP contribution in [-0.2, 0) is 17.4 Å². The number of nitrogens with zero attached hydrogens (tertiary/aromatic N) is 2. The van der Waals surface area contributed by atoms with Crippen LogP contribution in [0.2, 0.25) is 0 Å². The zero-order valence-corrected chi connectivity index (χ0v) is 13.4. The molecule has 0 aliphatic rings. The Kier molecular flexibility index (Phi) is 4.70. The molecule has 2 heterocycles. The van der Waals surface area contributed by atoms with Gasteiger partial charge in [-0.15, -0.1) is 11.3 Å². The van der Waals surface area contributed by atoms with E-state index in [-0.39, 0.29) is 18.1 Å². The highest BCUT2D eigenvalue weighted by Gasteiger charge is 2.31. The van der Waals surface area contributed by atoms with Gasteiger partial charge in [0.05, 0.1) is 30.1 Å². The van der Waals surface area contributed by atoms with Crippen molar-refractivity contribution in [3.63, 3.8) is 0 Å². The van der Waals surface area contributed by atoms with Gasteiger partial charge >= 0.3 is 6.18 Å². The molecular formula is C15H12F3N5OS. The van der Waals surface area contributed by atoms with Gasteiger partial charge in [-0.2, -0.15) is 13.2 Å². The van der Waals surface area contributed by atoms with E-state index in [0.29, 0.717) is 0 Å². The summed E-state index contributed by atoms with van der Waals surface area (Å²) in [4.78, 5) is 25.0. The van der Waals surface area contributed by atoms with Crippen molar-refractivity contribution < 1.29 is 18.0 Å². The number of rotatable bonds is 3. The van der Waals surface area contributed by atoms with Gasteiger partial charge in [0.25, 0.3) is 0 Å². The Bertz CT molecular complexity index is 919. The molecular weight excluding hydrogens is 355 g/mol. The number of hydrogen-bond acceptors (Lipinski definition) is 4. The number of fused-ring (bicyclic) bond motifs is 1. The van der Waals surface area contributed by atoms with Crippen LogP contribution in [0.1, 0.15) is 11.3 Å². The summed E-state index contributed by atoms with van der Waals surface area (Å²) in [5, 5.41) is 4.80. The Morgan fingerprint density at radius 3 is 2.76 bits per heavy atom. The molecule has 6 nitrogen and oxygen atoms in total. The van der Waals surface area contributed by atoms with E-state index in [1.807, 2.05) is 6.07 Å². The van der Waals surface area contributed by atoms with Crippen molar-refractivity contribution in [2.75, 3.05) is 5.32 Å². The summed E-state index contributed by atoms with van der Waals surface area (Å²) >= 11 is 0.775. The summed E-state index contributed by atoms with van der Waals surface area (Å²) in [7, 11) is 0. The van der Waals surface area contributed by atoms with Crippen molar-refractivity contribution in [1.29, 1.82) is 0 Å². The smallest absolute Gasteiger partial charge is 0.345 e. The molecule has 1 aromatic carbocycles. The molecule has 3 N–H and O–H groups in total. The Balaban J connectivity index is 1.70. The number of benzene rings is 1. The number of alkyl halides is 3. The number of imidazole rings is 1. The molecule has 0 bridgehead atoms. The van der Waals surface area contributed by atoms with Gasteiger partial charge in [-0.1, -0.05) is 6.07 Å². The standard InChI is InChI=1S/C15H12F3N5OS/c16-15(17,18)12-5-25-6-13(22-8-21-12)23-14(24)4-9-1-2-10-11(3-9)20-7-19-10/h1-3,5-8H,4H2,(H,19,20)(H,21,22)(H,23,24). The lowest BCUT2D eigenvalue weighted by atomic mass is 10.1. The van der Waals surface area contributed by atoms with Gasteiger partial charge in [0.1, 0.15) is 11.5 Å². The highest BCUT2D eigenvalue weighted by atomic mass is 32.1. The van der Waals surface area contributed by atoms with Crippen LogP contribution in [0.4, 0.5) is 19.0 Å². The normalized spacial score (nSPS) is 11.3. The van der Waals surface area contributed by atoms with Crippen molar-refractivity contribution in [2.24, 2.45) is 0 Å². The minimum absolute atomic E-state index is 0.101. The zero-order chi connectivity index (χ0) is 17.9. The number of anilines is 1. The second-order valence-electron chi connectivity index (χ2n) is 5.05. The largest absolute Gasteiger partial charge is 0.432 e. The number of hydrogen-bond donors (Lipinski definition) is 3. The molecule has 130 valence electrons. The van der Waals surface area contributed by atoms with Crippen molar-refractivity contribution in [1.82, 2.24) is 19.9 Å². The maximum absolute atomic E-state index is 12.6. The maximum atomic E-state index is 12.6. The maximum Gasteiger partial charge on any atom is 0.432 e. The fourth-order valence-electron chi connectivity index (χ4n) is 2.08. The summed E-state index contributed by atoms with van der Waals surface area (Å²) in [6.07, 6.45) is -1.93. The molecule has 0 unspecified atom stereocenters. The second-order valence-corrected chi connectivity index (χ2v) is 5.79. The van der Waals surface area contributed by atoms with E-state index in [9.17, 15) is 18.0 Å². The molecule has 0 atom stereocenters. The minimum atomic E-state index is -4.49. The van der Waals surface area contributed by atoms with E-state index < -0.39 is 11.9 Å². The van der Waals surface area contributed by atoms with Crippen LogP contribution in [0, 0.1) is 0 Å². The fourth-order valence-corrected chi connectivity index (χ4v) is 2.73. The molecule has 0 radical (unpaired) electrons. The van der Waals surface area contributed by atoms with Crippen LogP contribution in [-0.4, -0.2) is 25.8 Å². The average molecular weight is 367 g/mol. The molecule has 3 aromatic rings. The fraction of sp³-hybridized carbons (Fsp3) is 0.133. The molecule has 25 heavy (non-hydrogen) atoms. The van der Waals surface area contributed by atoms with Crippen LogP contribution in [0.15, 0.2) is 41.6 Å². The van der Waals surface area contributed by atoms with Crippen LogP contribution in [0.25, 0.3) is 11.0 Å². The lowest BCUT2D eigenvalue weighted by Gasteiger charge is -2.05. The van der Waals surface area contributed by atoms with Gasteiger partial charge in [-0.3, -0.25) is 4.79 Å². The highest BCUT2D eigenvalue weighted by molar-refractivity contribution is 7.07. The van der Waals surface area contributed by atoms with Crippen molar-refractivity contribution in [3.05, 3.63) is 52.9 Å². The van der Waals surface area contributed by atoms with Gasteiger partial charge in [-0.25, -0.2) is 9.97 Å². The molecule has 2 aromatic heterocycles. The van der Waals surface area contributed by atoms with Gasteiger partial charge in [0.2, 0.25) is 5.91 Å². The van der Waals surface area contributed by atoms with E-state index in [4.69, 9.17) is 0 Å². The molecule has 3 rings (SSSR count). The molecule has 0 aliphatic heterocycles. The lowest BCUT2D eigenvalue weighted by molar-refractivity contribution is -0.141. The zero-order valence-electron chi connectivity index (χ0n) is 12.6. The van der Waals surface area contributed by atoms with E-state index in [2.05, 4.69) is 25.3 Å². The molecule has 0 saturated carbocycles. The minimum Gasteiger partial charge on any atom is -0.345 e. The van der Waals surface area contributed by atoms with Crippen molar-refractivity contribution in [2.45, 2.75) is 12.6 Å². The monoisotopic (exact) mass is 367 g/mol. The van der Waals surface area contributed by atoms with E-state index in [1.54, 1.807) is 18.5 Å². The quantitative estimate of drug-likeness (QED) is 0.660. The van der Waals surface area contributed by atoms with E-state index in [1.165, 1.54) is 5.38 Å². The summed E-state index contributed by atoms with van der Waals surface area (Å²) in [5.41, 5.74) is 1.47. The third-order valence-corrected chi connectivity index (χ3v) is 3.94. The predicted molar refractivity (Wildman–Crippen MR) is 87.5 cm³/mol. The van der Waals surface area contributed by atoms with Gasteiger partial charge in [0, 0.05) is 10.8 Å². The van der Waals surface area contributed by atoms with Crippen LogP contribution in [0.3, 0.4) is 0 Å². The first-order valence-corrected chi connectivity index (χ1v) is 8.00.